The number of carbonyl (C=O) groups excluding carboxylic acids is 1. The Morgan fingerprint density at radius 1 is 0.949 bits per heavy atom. The number of carboxylic acid groups (broad SMARTS) is 1. The molecule has 0 aromatic heterocycles. The Kier molecular flexibility index (Phi) is 6.83. The normalized spacial score (nSPS) is 20.1. The molecular weight excluding hydrogens is 498 g/mol. The van der Waals surface area contributed by atoms with Gasteiger partial charge in [-0.25, -0.2) is 13.6 Å². The van der Waals surface area contributed by atoms with E-state index in [-0.39, 0.29) is 24.3 Å². The van der Waals surface area contributed by atoms with Crippen molar-refractivity contribution >= 4 is 23.3 Å². The molecule has 39 heavy (non-hydrogen) atoms. The van der Waals surface area contributed by atoms with Crippen molar-refractivity contribution in [3.8, 4) is 11.1 Å². The number of benzene rings is 3. The molecule has 1 atom stereocenters. The second kappa shape index (κ2) is 10.4. The van der Waals surface area contributed by atoms with E-state index in [4.69, 9.17) is 0 Å². The molecule has 2 saturated carbocycles. The number of halogens is 2. The number of fused-ring (bicyclic) bond motifs is 1. The number of amides is 1. The van der Waals surface area contributed by atoms with Crippen LogP contribution in [0, 0.1) is 17.6 Å². The zero-order chi connectivity index (χ0) is 27.1. The van der Waals surface area contributed by atoms with Gasteiger partial charge in [0.05, 0.1) is 12.0 Å². The van der Waals surface area contributed by atoms with Crippen LogP contribution in [0.3, 0.4) is 0 Å². The van der Waals surface area contributed by atoms with Crippen molar-refractivity contribution < 1.29 is 23.5 Å². The van der Waals surface area contributed by atoms with E-state index in [9.17, 15) is 23.5 Å². The van der Waals surface area contributed by atoms with Gasteiger partial charge in [0, 0.05) is 24.0 Å². The lowest BCUT2D eigenvalue weighted by atomic mass is 9.82. The largest absolute Gasteiger partial charge is 0.478 e. The van der Waals surface area contributed by atoms with E-state index in [1.807, 2.05) is 24.3 Å². The lowest BCUT2D eigenvalue weighted by Crippen LogP contribution is -2.49. The van der Waals surface area contributed by atoms with Crippen molar-refractivity contribution in [2.45, 2.75) is 63.3 Å². The quantitative estimate of drug-likeness (QED) is 0.374. The third-order valence-electron chi connectivity index (χ3n) is 8.49. The van der Waals surface area contributed by atoms with Crippen molar-refractivity contribution in [2.75, 3.05) is 11.4 Å². The van der Waals surface area contributed by atoms with Crippen molar-refractivity contribution in [2.24, 2.45) is 5.92 Å². The molecule has 3 aromatic carbocycles. The van der Waals surface area contributed by atoms with E-state index >= 15 is 0 Å². The van der Waals surface area contributed by atoms with E-state index in [2.05, 4.69) is 28.4 Å². The minimum atomic E-state index is -1.52. The van der Waals surface area contributed by atoms with Crippen LogP contribution in [-0.2, 0) is 11.2 Å². The summed E-state index contributed by atoms with van der Waals surface area (Å²) in [5.74, 6) is -3.46. The molecule has 7 heteroatoms. The number of hydrogen-bond donors (Lipinski definition) is 2. The second-order valence-electron chi connectivity index (χ2n) is 11.2. The van der Waals surface area contributed by atoms with Gasteiger partial charge >= 0.3 is 5.97 Å². The van der Waals surface area contributed by atoms with E-state index in [1.54, 1.807) is 0 Å². The van der Waals surface area contributed by atoms with Crippen molar-refractivity contribution in [3.05, 3.63) is 82.9 Å². The fraction of sp³-hybridized carbons (Fsp3) is 0.375. The monoisotopic (exact) mass is 530 g/mol. The van der Waals surface area contributed by atoms with Gasteiger partial charge in [0.2, 0.25) is 5.91 Å². The summed E-state index contributed by atoms with van der Waals surface area (Å²) >= 11 is 0. The molecule has 3 aromatic rings. The summed E-state index contributed by atoms with van der Waals surface area (Å²) < 4.78 is 28.8. The summed E-state index contributed by atoms with van der Waals surface area (Å²) in [4.78, 5) is 27.2. The minimum absolute atomic E-state index is 0.0273. The Hall–Kier alpha value is -3.74. The van der Waals surface area contributed by atoms with Crippen molar-refractivity contribution in [1.29, 1.82) is 0 Å². The third-order valence-corrected chi connectivity index (χ3v) is 8.49. The van der Waals surface area contributed by atoms with Crippen LogP contribution >= 0.6 is 0 Å². The minimum Gasteiger partial charge on any atom is -0.478 e. The smallest absolute Gasteiger partial charge is 0.338 e. The lowest BCUT2D eigenvalue weighted by Gasteiger charge is -2.39. The highest BCUT2D eigenvalue weighted by Gasteiger charge is 2.34. The number of nitrogens with one attached hydrogen (secondary N) is 1. The average molecular weight is 531 g/mol. The van der Waals surface area contributed by atoms with Gasteiger partial charge in [-0.1, -0.05) is 37.5 Å². The molecule has 0 radical (unpaired) electrons. The van der Waals surface area contributed by atoms with E-state index < -0.39 is 23.2 Å². The summed E-state index contributed by atoms with van der Waals surface area (Å²) in [6, 6.07) is 16.4. The maximum atomic E-state index is 14.5. The van der Waals surface area contributed by atoms with E-state index in [0.717, 1.165) is 54.3 Å². The number of rotatable bonds is 5. The van der Waals surface area contributed by atoms with Crippen LogP contribution in [-0.4, -0.2) is 29.6 Å². The molecular formula is C32H32F2N2O3. The van der Waals surface area contributed by atoms with Crippen LogP contribution in [0.4, 0.5) is 20.2 Å². The molecule has 1 aliphatic heterocycles. The Balaban J connectivity index is 1.50. The molecule has 2 aliphatic carbocycles. The van der Waals surface area contributed by atoms with Gasteiger partial charge in [0.1, 0.15) is 0 Å². The Bertz CT molecular complexity index is 1410. The highest BCUT2D eigenvalue weighted by Crippen LogP contribution is 2.48. The predicted octanol–water partition coefficient (Wildman–Crippen LogP) is 6.97. The molecule has 6 rings (SSSR count). The van der Waals surface area contributed by atoms with Gasteiger partial charge in [0.25, 0.3) is 0 Å². The molecule has 202 valence electrons. The number of anilines is 2. The molecule has 2 N–H and O–H groups in total. The van der Waals surface area contributed by atoms with Gasteiger partial charge in [0.15, 0.2) is 11.6 Å². The maximum Gasteiger partial charge on any atom is 0.338 e. The number of carbonyl (C=O) groups is 2. The van der Waals surface area contributed by atoms with Gasteiger partial charge in [-0.15, -0.1) is 0 Å². The first kappa shape index (κ1) is 25.5. The summed E-state index contributed by atoms with van der Waals surface area (Å²) in [6.45, 7) is 0.644. The van der Waals surface area contributed by atoms with E-state index in [1.165, 1.54) is 25.3 Å². The fourth-order valence-corrected chi connectivity index (χ4v) is 6.35. The van der Waals surface area contributed by atoms with Gasteiger partial charge in [-0.3, -0.25) is 4.79 Å². The van der Waals surface area contributed by atoms with Gasteiger partial charge in [-0.2, -0.15) is 0 Å². The summed E-state index contributed by atoms with van der Waals surface area (Å²) in [7, 11) is 0. The van der Waals surface area contributed by atoms with Crippen LogP contribution in [0.15, 0.2) is 54.6 Å². The fourth-order valence-electron chi connectivity index (χ4n) is 6.35. The van der Waals surface area contributed by atoms with Crippen molar-refractivity contribution in [3.63, 3.8) is 0 Å². The van der Waals surface area contributed by atoms with Crippen molar-refractivity contribution in [1.82, 2.24) is 5.32 Å². The molecule has 5 nitrogen and oxygen atoms in total. The van der Waals surface area contributed by atoms with Crippen LogP contribution in [0.25, 0.3) is 11.1 Å². The molecule has 2 fully saturated rings. The highest BCUT2D eigenvalue weighted by atomic mass is 19.2. The van der Waals surface area contributed by atoms with Crippen LogP contribution in [0.5, 0.6) is 0 Å². The lowest BCUT2D eigenvalue weighted by molar-refractivity contribution is -0.121. The molecule has 1 amide bonds. The van der Waals surface area contributed by atoms with Crippen LogP contribution in [0.1, 0.15) is 72.3 Å². The number of hydrogen-bond acceptors (Lipinski definition) is 3. The average Bonchev–Trinajstić information content (AvgIpc) is 3.78. The molecule has 0 saturated heterocycles. The summed E-state index contributed by atoms with van der Waals surface area (Å²) in [5, 5.41) is 12.8. The SMILES string of the molecule is O=C1Cc2cc(-c3cc(F)c(F)c(C(=O)O)c3)c(C3CC3)cc2N(c2ccccc2)C[C@@H](C2CCCCC2)N1. The van der Waals surface area contributed by atoms with E-state index in [0.29, 0.717) is 23.6 Å². The zero-order valence-electron chi connectivity index (χ0n) is 21.8. The standard InChI is InChI=1S/C32H32F2N2O3/c33-27-15-21(13-26(31(27)34)32(38)39)24-14-22-16-30(37)35-28(20-7-3-1-4-8-20)18-36(23-9-5-2-6-10-23)29(22)17-25(24)19-11-12-19/h2,5-6,9-10,13-15,17,19-20,28H,1,3-4,7-8,11-12,16,18H2,(H,35,37)(H,38,39)/t28-/m0/s1. The Labute approximate surface area is 226 Å². The first-order valence-corrected chi connectivity index (χ1v) is 13.9. The number of para-hydroxylation sites is 1. The predicted molar refractivity (Wildman–Crippen MR) is 146 cm³/mol. The summed E-state index contributed by atoms with van der Waals surface area (Å²) in [5.41, 5.74) is 4.01. The molecule has 0 unspecified atom stereocenters. The zero-order valence-corrected chi connectivity index (χ0v) is 21.8. The Morgan fingerprint density at radius 2 is 1.69 bits per heavy atom. The number of carboxylic acids is 1. The Morgan fingerprint density at radius 3 is 2.38 bits per heavy atom. The van der Waals surface area contributed by atoms with Gasteiger partial charge in [-0.05, 0) is 96.2 Å². The van der Waals surface area contributed by atoms with Crippen LogP contribution in [0.2, 0.25) is 0 Å². The van der Waals surface area contributed by atoms with Crippen LogP contribution < -0.4 is 10.2 Å². The maximum absolute atomic E-state index is 14.5. The number of nitrogens with zero attached hydrogens (tertiary/aromatic N) is 1. The molecule has 1 heterocycles. The highest BCUT2D eigenvalue weighted by molar-refractivity contribution is 5.91. The topological polar surface area (TPSA) is 69.6 Å². The third kappa shape index (κ3) is 5.14. The second-order valence-corrected chi connectivity index (χ2v) is 11.2. The first-order valence-electron chi connectivity index (χ1n) is 13.9. The van der Waals surface area contributed by atoms with Gasteiger partial charge < -0.3 is 15.3 Å². The molecule has 3 aliphatic rings. The number of aromatic carboxylic acids is 1. The molecule has 0 spiro atoms. The molecule has 0 bridgehead atoms. The summed E-state index contributed by atoms with van der Waals surface area (Å²) in [6.07, 6.45) is 7.90. The first-order chi connectivity index (χ1) is 18.9.